The molecular weight excluding hydrogens is 376 g/mol. The number of aryl methyl sites for hydroxylation is 2. The molecule has 0 radical (unpaired) electrons. The van der Waals surface area contributed by atoms with Gasteiger partial charge in [-0.2, -0.15) is 0 Å². The number of nitro groups is 1. The predicted octanol–water partition coefficient (Wildman–Crippen LogP) is 3.90. The number of nitrogens with zero attached hydrogens (tertiary/aromatic N) is 2. The van der Waals surface area contributed by atoms with Crippen LogP contribution in [-0.2, 0) is 16.1 Å². The van der Waals surface area contributed by atoms with Crippen molar-refractivity contribution < 1.29 is 24.0 Å². The SMILES string of the molecule is COC(=O)c1c(COC(=O)c2c(C)cccc2[N+](=O)[O-])nc2ccccc2c1C. The number of fused-ring (bicyclic) bond motifs is 1. The van der Waals surface area contributed by atoms with Crippen molar-refractivity contribution in [3.8, 4) is 0 Å². The molecule has 3 aromatic rings. The number of pyridine rings is 1. The number of nitro benzene ring substituents is 1. The number of carbonyl (C=O) groups excluding carboxylic acids is 2. The first kappa shape index (κ1) is 19.9. The molecule has 0 saturated carbocycles. The van der Waals surface area contributed by atoms with Crippen LogP contribution < -0.4 is 0 Å². The predicted molar refractivity (Wildman–Crippen MR) is 105 cm³/mol. The average molecular weight is 394 g/mol. The number of carbonyl (C=O) groups is 2. The van der Waals surface area contributed by atoms with Gasteiger partial charge in [0.15, 0.2) is 0 Å². The van der Waals surface area contributed by atoms with Gasteiger partial charge in [-0.1, -0.05) is 30.3 Å². The van der Waals surface area contributed by atoms with Gasteiger partial charge in [-0.15, -0.1) is 0 Å². The van der Waals surface area contributed by atoms with E-state index in [4.69, 9.17) is 9.47 Å². The summed E-state index contributed by atoms with van der Waals surface area (Å²) in [7, 11) is 1.25. The van der Waals surface area contributed by atoms with E-state index in [1.54, 1.807) is 32.0 Å². The monoisotopic (exact) mass is 394 g/mol. The molecular formula is C21H18N2O6. The summed E-state index contributed by atoms with van der Waals surface area (Å²) >= 11 is 0. The van der Waals surface area contributed by atoms with Crippen molar-refractivity contribution in [2.45, 2.75) is 20.5 Å². The van der Waals surface area contributed by atoms with Crippen molar-refractivity contribution >= 4 is 28.5 Å². The van der Waals surface area contributed by atoms with E-state index in [-0.39, 0.29) is 29.1 Å². The molecule has 1 heterocycles. The highest BCUT2D eigenvalue weighted by molar-refractivity contribution is 5.99. The molecule has 148 valence electrons. The van der Waals surface area contributed by atoms with E-state index in [1.807, 2.05) is 12.1 Å². The Morgan fingerprint density at radius 2 is 1.76 bits per heavy atom. The van der Waals surface area contributed by atoms with Gasteiger partial charge in [0.25, 0.3) is 5.69 Å². The number of methoxy groups -OCH3 is 1. The lowest BCUT2D eigenvalue weighted by Gasteiger charge is -2.14. The van der Waals surface area contributed by atoms with Gasteiger partial charge in [0.1, 0.15) is 12.2 Å². The number of esters is 2. The molecule has 0 N–H and O–H groups in total. The third-order valence-corrected chi connectivity index (χ3v) is 4.61. The Hall–Kier alpha value is -3.81. The maximum absolute atomic E-state index is 12.6. The number of ether oxygens (including phenoxy) is 2. The molecule has 8 nitrogen and oxygen atoms in total. The first-order valence-electron chi connectivity index (χ1n) is 8.72. The minimum Gasteiger partial charge on any atom is -0.465 e. The molecule has 0 aliphatic rings. The fraction of sp³-hybridized carbons (Fsp3) is 0.190. The van der Waals surface area contributed by atoms with Crippen LogP contribution in [-0.4, -0.2) is 29.0 Å². The first-order chi connectivity index (χ1) is 13.8. The Morgan fingerprint density at radius 1 is 1.03 bits per heavy atom. The zero-order chi connectivity index (χ0) is 21.1. The second-order valence-electron chi connectivity index (χ2n) is 6.37. The van der Waals surface area contributed by atoms with Crippen LogP contribution in [0.25, 0.3) is 10.9 Å². The van der Waals surface area contributed by atoms with E-state index in [9.17, 15) is 19.7 Å². The Bertz CT molecular complexity index is 1140. The van der Waals surface area contributed by atoms with Gasteiger partial charge < -0.3 is 9.47 Å². The van der Waals surface area contributed by atoms with Gasteiger partial charge in [0, 0.05) is 11.5 Å². The fourth-order valence-electron chi connectivity index (χ4n) is 3.19. The minimum atomic E-state index is -0.863. The summed E-state index contributed by atoms with van der Waals surface area (Å²) in [6.45, 7) is 3.01. The van der Waals surface area contributed by atoms with E-state index in [0.717, 1.165) is 5.39 Å². The smallest absolute Gasteiger partial charge is 0.345 e. The molecule has 0 bridgehead atoms. The van der Waals surface area contributed by atoms with Crippen LogP contribution in [0.1, 0.15) is 37.5 Å². The number of hydrogen-bond donors (Lipinski definition) is 0. The summed E-state index contributed by atoms with van der Waals surface area (Å²) < 4.78 is 10.2. The average Bonchev–Trinajstić information content (AvgIpc) is 2.71. The second-order valence-corrected chi connectivity index (χ2v) is 6.37. The molecule has 8 heteroatoms. The molecule has 2 aromatic carbocycles. The van der Waals surface area contributed by atoms with Gasteiger partial charge in [-0.25, -0.2) is 14.6 Å². The molecule has 0 fully saturated rings. The van der Waals surface area contributed by atoms with Crippen molar-refractivity contribution in [1.82, 2.24) is 4.98 Å². The van der Waals surface area contributed by atoms with E-state index < -0.39 is 16.9 Å². The van der Waals surface area contributed by atoms with Crippen LogP contribution in [0.5, 0.6) is 0 Å². The highest BCUT2D eigenvalue weighted by Crippen LogP contribution is 2.26. The van der Waals surface area contributed by atoms with Crippen LogP contribution in [0.15, 0.2) is 42.5 Å². The van der Waals surface area contributed by atoms with Crippen LogP contribution in [0.2, 0.25) is 0 Å². The van der Waals surface area contributed by atoms with Crippen LogP contribution >= 0.6 is 0 Å². The molecule has 0 spiro atoms. The molecule has 0 saturated heterocycles. The largest absolute Gasteiger partial charge is 0.465 e. The highest BCUT2D eigenvalue weighted by atomic mass is 16.6. The fourth-order valence-corrected chi connectivity index (χ4v) is 3.19. The summed E-state index contributed by atoms with van der Waals surface area (Å²) in [6.07, 6.45) is 0. The number of para-hydroxylation sites is 1. The van der Waals surface area contributed by atoms with Crippen molar-refractivity contribution in [2.24, 2.45) is 0 Å². The van der Waals surface area contributed by atoms with Crippen molar-refractivity contribution in [1.29, 1.82) is 0 Å². The summed E-state index contributed by atoms with van der Waals surface area (Å²) in [5.41, 5.74) is 1.65. The summed E-state index contributed by atoms with van der Waals surface area (Å²) in [5, 5.41) is 12.0. The van der Waals surface area contributed by atoms with Crippen molar-refractivity contribution in [3.63, 3.8) is 0 Å². The molecule has 0 amide bonds. The summed E-state index contributed by atoms with van der Waals surface area (Å²) in [5.74, 6) is -1.47. The van der Waals surface area contributed by atoms with Gasteiger partial charge in [-0.3, -0.25) is 10.1 Å². The molecule has 0 aliphatic carbocycles. The topological polar surface area (TPSA) is 109 Å². The van der Waals surface area contributed by atoms with Crippen LogP contribution in [0, 0.1) is 24.0 Å². The Morgan fingerprint density at radius 3 is 2.45 bits per heavy atom. The number of benzene rings is 2. The lowest BCUT2D eigenvalue weighted by Crippen LogP contribution is -2.15. The standard InChI is InChI=1S/C21H18N2O6/c1-12-7-6-10-17(23(26)27)18(12)21(25)29-11-16-19(20(24)28-3)13(2)14-8-4-5-9-15(14)22-16/h4-10H,11H2,1-3H3. The zero-order valence-electron chi connectivity index (χ0n) is 16.1. The van der Waals surface area contributed by atoms with Crippen LogP contribution in [0.4, 0.5) is 5.69 Å². The van der Waals surface area contributed by atoms with Gasteiger partial charge >= 0.3 is 11.9 Å². The zero-order valence-corrected chi connectivity index (χ0v) is 16.1. The lowest BCUT2D eigenvalue weighted by molar-refractivity contribution is -0.385. The highest BCUT2D eigenvalue weighted by Gasteiger charge is 2.25. The quantitative estimate of drug-likeness (QED) is 0.367. The third kappa shape index (κ3) is 3.77. The Kier molecular flexibility index (Phi) is 5.54. The lowest BCUT2D eigenvalue weighted by atomic mass is 10.0. The third-order valence-electron chi connectivity index (χ3n) is 4.61. The van der Waals surface area contributed by atoms with E-state index >= 15 is 0 Å². The Balaban J connectivity index is 2.00. The maximum Gasteiger partial charge on any atom is 0.345 e. The van der Waals surface area contributed by atoms with Gasteiger partial charge in [0.05, 0.1) is 28.8 Å². The van der Waals surface area contributed by atoms with E-state index in [0.29, 0.717) is 16.6 Å². The van der Waals surface area contributed by atoms with E-state index in [1.165, 1.54) is 19.2 Å². The molecule has 0 atom stereocenters. The molecule has 29 heavy (non-hydrogen) atoms. The normalized spacial score (nSPS) is 10.6. The minimum absolute atomic E-state index is 0.130. The van der Waals surface area contributed by atoms with Gasteiger partial charge in [-0.05, 0) is 31.0 Å². The summed E-state index contributed by atoms with van der Waals surface area (Å²) in [4.78, 5) is 40.0. The number of aromatic nitrogens is 1. The summed E-state index contributed by atoms with van der Waals surface area (Å²) in [6, 6.07) is 11.6. The molecule has 1 aromatic heterocycles. The maximum atomic E-state index is 12.6. The van der Waals surface area contributed by atoms with Crippen LogP contribution in [0.3, 0.4) is 0 Å². The first-order valence-corrected chi connectivity index (χ1v) is 8.72. The molecule has 0 aliphatic heterocycles. The van der Waals surface area contributed by atoms with Gasteiger partial charge in [0.2, 0.25) is 0 Å². The molecule has 3 rings (SSSR count). The number of hydrogen-bond acceptors (Lipinski definition) is 7. The second kappa shape index (κ2) is 8.05. The molecule has 0 unspecified atom stereocenters. The Labute approximate surface area is 166 Å². The number of rotatable bonds is 5. The van der Waals surface area contributed by atoms with E-state index in [2.05, 4.69) is 4.98 Å². The van der Waals surface area contributed by atoms with Crippen molar-refractivity contribution in [3.05, 3.63) is 80.5 Å². The van der Waals surface area contributed by atoms with Crippen molar-refractivity contribution in [2.75, 3.05) is 7.11 Å².